The van der Waals surface area contributed by atoms with Crippen LogP contribution < -0.4 is 18.9 Å². The first-order valence-corrected chi connectivity index (χ1v) is 12.4. The summed E-state index contributed by atoms with van der Waals surface area (Å²) in [5.74, 6) is 2.32. The van der Waals surface area contributed by atoms with Crippen LogP contribution in [-0.4, -0.2) is 35.2 Å². The third-order valence-corrected chi connectivity index (χ3v) is 7.16. The van der Waals surface area contributed by atoms with E-state index in [1.165, 1.54) is 62.8 Å². The summed E-state index contributed by atoms with van der Waals surface area (Å²) in [6.07, 6.45) is 1.40. The van der Waals surface area contributed by atoms with Gasteiger partial charge in [0.15, 0.2) is 23.0 Å². The summed E-state index contributed by atoms with van der Waals surface area (Å²) in [4.78, 5) is 22.1. The average molecular weight is 519 g/mol. The molecular formula is C28H22O8S. The van der Waals surface area contributed by atoms with Gasteiger partial charge >= 0.3 is 0 Å². The number of carbonyl (C=O) groups is 2. The van der Waals surface area contributed by atoms with Gasteiger partial charge in [-0.3, -0.25) is 9.59 Å². The molecule has 4 aromatic rings. The molecule has 188 valence electrons. The topological polar surface area (TPSA) is 105 Å². The van der Waals surface area contributed by atoms with Gasteiger partial charge in [-0.2, -0.15) is 0 Å². The molecule has 0 amide bonds. The van der Waals surface area contributed by atoms with Gasteiger partial charge in [-0.15, -0.1) is 0 Å². The van der Waals surface area contributed by atoms with Crippen LogP contribution in [-0.2, 0) is 9.84 Å². The highest BCUT2D eigenvalue weighted by atomic mass is 32.2. The zero-order valence-corrected chi connectivity index (χ0v) is 20.7. The van der Waals surface area contributed by atoms with Gasteiger partial charge in [0.25, 0.3) is 0 Å². The number of rotatable bonds is 10. The first-order chi connectivity index (χ1) is 17.9. The minimum atomic E-state index is -3.80. The lowest BCUT2D eigenvalue weighted by atomic mass is 10.2. The highest BCUT2D eigenvalue weighted by Crippen LogP contribution is 2.34. The molecule has 0 radical (unpaired) electrons. The summed E-state index contributed by atoms with van der Waals surface area (Å²) in [7, 11) is -0.878. The van der Waals surface area contributed by atoms with Gasteiger partial charge in [0.1, 0.15) is 24.1 Å². The fraction of sp³-hybridized carbons (Fsp3) is 0.0714. The van der Waals surface area contributed by atoms with Crippen molar-refractivity contribution in [2.75, 3.05) is 14.2 Å². The van der Waals surface area contributed by atoms with Gasteiger partial charge < -0.3 is 18.9 Å². The Labute approximate surface area is 213 Å². The van der Waals surface area contributed by atoms with Crippen molar-refractivity contribution < 1.29 is 37.0 Å². The Morgan fingerprint density at radius 1 is 0.541 bits per heavy atom. The second kappa shape index (κ2) is 11.0. The maximum Gasteiger partial charge on any atom is 0.206 e. The van der Waals surface area contributed by atoms with E-state index < -0.39 is 9.84 Å². The van der Waals surface area contributed by atoms with Crippen LogP contribution in [0.4, 0.5) is 0 Å². The molecule has 4 rings (SSSR count). The third kappa shape index (κ3) is 5.62. The fourth-order valence-corrected chi connectivity index (χ4v) is 4.71. The molecule has 0 spiro atoms. The Bertz CT molecular complexity index is 1410. The molecule has 37 heavy (non-hydrogen) atoms. The van der Waals surface area contributed by atoms with E-state index in [0.29, 0.717) is 58.2 Å². The van der Waals surface area contributed by atoms with E-state index in [9.17, 15) is 18.0 Å². The molecule has 0 unspecified atom stereocenters. The minimum absolute atomic E-state index is 0.0860. The SMILES string of the molecule is COc1cc(C=O)ccc1Oc1ccc(S(=O)(=O)c2ccc(Oc3ccc(C=O)cc3OC)cc2)cc1. The Morgan fingerprint density at radius 3 is 1.24 bits per heavy atom. The summed E-state index contributed by atoms with van der Waals surface area (Å²) in [5.41, 5.74) is 0.883. The molecule has 0 saturated heterocycles. The average Bonchev–Trinajstić information content (AvgIpc) is 2.94. The van der Waals surface area contributed by atoms with Crippen LogP contribution in [0, 0.1) is 0 Å². The number of aldehydes is 2. The van der Waals surface area contributed by atoms with Crippen LogP contribution in [0.1, 0.15) is 20.7 Å². The molecule has 0 aliphatic heterocycles. The third-order valence-electron chi connectivity index (χ3n) is 5.37. The number of hydrogen-bond acceptors (Lipinski definition) is 8. The molecule has 8 nitrogen and oxygen atoms in total. The molecule has 0 N–H and O–H groups in total. The van der Waals surface area contributed by atoms with Crippen molar-refractivity contribution in [2.45, 2.75) is 9.79 Å². The van der Waals surface area contributed by atoms with Crippen molar-refractivity contribution in [3.05, 3.63) is 96.1 Å². The zero-order valence-electron chi connectivity index (χ0n) is 19.9. The molecule has 9 heteroatoms. The summed E-state index contributed by atoms with van der Waals surface area (Å²) in [6.45, 7) is 0. The Balaban J connectivity index is 1.50. The quantitative estimate of drug-likeness (QED) is 0.245. The minimum Gasteiger partial charge on any atom is -0.493 e. The summed E-state index contributed by atoms with van der Waals surface area (Å²) < 4.78 is 48.4. The Kier molecular flexibility index (Phi) is 7.55. The molecule has 4 aromatic carbocycles. The number of benzene rings is 4. The normalized spacial score (nSPS) is 10.9. The lowest BCUT2D eigenvalue weighted by Gasteiger charge is -2.12. The Morgan fingerprint density at radius 2 is 0.919 bits per heavy atom. The largest absolute Gasteiger partial charge is 0.493 e. The van der Waals surface area contributed by atoms with Crippen molar-refractivity contribution in [3.63, 3.8) is 0 Å². The fourth-order valence-electron chi connectivity index (χ4n) is 3.45. The van der Waals surface area contributed by atoms with Gasteiger partial charge in [-0.25, -0.2) is 8.42 Å². The monoisotopic (exact) mass is 518 g/mol. The van der Waals surface area contributed by atoms with Crippen molar-refractivity contribution in [3.8, 4) is 34.5 Å². The lowest BCUT2D eigenvalue weighted by molar-refractivity contribution is 0.111. The van der Waals surface area contributed by atoms with Crippen molar-refractivity contribution in [1.29, 1.82) is 0 Å². The van der Waals surface area contributed by atoms with E-state index in [2.05, 4.69) is 0 Å². The number of hydrogen-bond donors (Lipinski definition) is 0. The Hall–Kier alpha value is -4.63. The highest BCUT2D eigenvalue weighted by Gasteiger charge is 2.18. The number of methoxy groups -OCH3 is 2. The summed E-state index contributed by atoms with van der Waals surface area (Å²) in [6, 6.07) is 21.4. The smallest absolute Gasteiger partial charge is 0.206 e. The van der Waals surface area contributed by atoms with E-state index in [1.807, 2.05) is 0 Å². The van der Waals surface area contributed by atoms with Crippen molar-refractivity contribution in [2.24, 2.45) is 0 Å². The van der Waals surface area contributed by atoms with Crippen LogP contribution in [0.2, 0.25) is 0 Å². The summed E-state index contributed by atoms with van der Waals surface area (Å²) >= 11 is 0. The van der Waals surface area contributed by atoms with Gasteiger partial charge in [0.05, 0.1) is 24.0 Å². The van der Waals surface area contributed by atoms with E-state index in [1.54, 1.807) is 36.4 Å². The first-order valence-electron chi connectivity index (χ1n) is 11.0. The molecule has 0 atom stereocenters. The van der Waals surface area contributed by atoms with Crippen LogP contribution in [0.25, 0.3) is 0 Å². The van der Waals surface area contributed by atoms with Gasteiger partial charge in [-0.05, 0) is 84.9 Å². The van der Waals surface area contributed by atoms with Gasteiger partial charge in [-0.1, -0.05) is 0 Å². The molecule has 0 fully saturated rings. The molecule has 0 bridgehead atoms. The molecule has 0 heterocycles. The second-order valence-corrected chi connectivity index (χ2v) is 9.66. The van der Waals surface area contributed by atoms with E-state index in [0.717, 1.165) is 0 Å². The highest BCUT2D eigenvalue weighted by molar-refractivity contribution is 7.91. The molecular weight excluding hydrogens is 496 g/mol. The van der Waals surface area contributed by atoms with Gasteiger partial charge in [0, 0.05) is 11.1 Å². The number of ether oxygens (including phenoxy) is 4. The van der Waals surface area contributed by atoms with Gasteiger partial charge in [0.2, 0.25) is 9.84 Å². The second-order valence-electron chi connectivity index (χ2n) is 7.71. The number of carbonyl (C=O) groups excluding carboxylic acids is 2. The predicted molar refractivity (Wildman–Crippen MR) is 135 cm³/mol. The van der Waals surface area contributed by atoms with E-state index in [4.69, 9.17) is 18.9 Å². The maximum absolute atomic E-state index is 13.1. The number of sulfone groups is 1. The van der Waals surface area contributed by atoms with E-state index >= 15 is 0 Å². The van der Waals surface area contributed by atoms with Crippen LogP contribution >= 0.6 is 0 Å². The molecule has 0 aromatic heterocycles. The predicted octanol–water partition coefficient (Wildman–Crippen LogP) is 5.75. The lowest BCUT2D eigenvalue weighted by Crippen LogP contribution is -2.02. The molecule has 0 saturated carbocycles. The maximum atomic E-state index is 13.1. The van der Waals surface area contributed by atoms with Crippen molar-refractivity contribution in [1.82, 2.24) is 0 Å². The molecule has 0 aliphatic carbocycles. The standard InChI is InChI=1S/C28H22O8S/c1-33-27-15-19(17-29)3-13-25(27)35-21-5-9-23(10-6-21)37(31,32)24-11-7-22(8-12-24)36-26-14-4-20(18-30)16-28(26)34-2/h3-18H,1-2H3. The molecule has 0 aliphatic rings. The van der Waals surface area contributed by atoms with Crippen LogP contribution in [0.15, 0.2) is 94.7 Å². The van der Waals surface area contributed by atoms with Crippen LogP contribution in [0.5, 0.6) is 34.5 Å². The summed E-state index contributed by atoms with van der Waals surface area (Å²) in [5, 5.41) is 0. The van der Waals surface area contributed by atoms with E-state index in [-0.39, 0.29) is 9.79 Å². The van der Waals surface area contributed by atoms with Crippen molar-refractivity contribution >= 4 is 22.4 Å². The zero-order chi connectivity index (χ0) is 26.4. The first kappa shape index (κ1) is 25.5. The van der Waals surface area contributed by atoms with Crippen LogP contribution in [0.3, 0.4) is 0 Å².